The van der Waals surface area contributed by atoms with Gasteiger partial charge >= 0.3 is 0 Å². The summed E-state index contributed by atoms with van der Waals surface area (Å²) in [4.78, 5) is 12.1. The molecular weight excluding hydrogens is 280 g/mol. The number of carbonyl (C=O) groups is 1. The summed E-state index contributed by atoms with van der Waals surface area (Å²) in [5.41, 5.74) is 2.31. The van der Waals surface area contributed by atoms with E-state index in [9.17, 15) is 4.79 Å². The number of tetrazole rings is 1. The second-order valence-corrected chi connectivity index (χ2v) is 4.45. The first-order valence-electron chi connectivity index (χ1n) is 6.41. The van der Waals surface area contributed by atoms with Crippen LogP contribution in [0.5, 0.6) is 0 Å². The van der Waals surface area contributed by atoms with Crippen LogP contribution < -0.4 is 5.32 Å². The van der Waals surface area contributed by atoms with Gasteiger partial charge < -0.3 is 5.32 Å². The molecule has 0 radical (unpaired) electrons. The fourth-order valence-electron chi connectivity index (χ4n) is 1.91. The third kappa shape index (κ3) is 2.81. The SMILES string of the molecule is N#Cc1cccc(C(=O)Nc2ccc(-n3cnnn3)cc2)c1. The normalized spacial score (nSPS) is 9.95. The Hall–Kier alpha value is -3.53. The van der Waals surface area contributed by atoms with Gasteiger partial charge in [-0.15, -0.1) is 5.10 Å². The lowest BCUT2D eigenvalue weighted by atomic mass is 10.1. The Bertz CT molecular complexity index is 833. The van der Waals surface area contributed by atoms with Crippen LogP contribution in [0.1, 0.15) is 15.9 Å². The Balaban J connectivity index is 1.75. The summed E-state index contributed by atoms with van der Waals surface area (Å²) < 4.78 is 1.52. The molecule has 0 fully saturated rings. The van der Waals surface area contributed by atoms with E-state index in [0.29, 0.717) is 16.8 Å². The maximum Gasteiger partial charge on any atom is 0.255 e. The van der Waals surface area contributed by atoms with E-state index in [-0.39, 0.29) is 5.91 Å². The van der Waals surface area contributed by atoms with Gasteiger partial charge in [-0.3, -0.25) is 4.79 Å². The Labute approximate surface area is 125 Å². The lowest BCUT2D eigenvalue weighted by Crippen LogP contribution is -2.12. The van der Waals surface area contributed by atoms with Gasteiger partial charge in [0.05, 0.1) is 17.3 Å². The minimum absolute atomic E-state index is 0.271. The van der Waals surface area contributed by atoms with Gasteiger partial charge in [0.1, 0.15) is 6.33 Å². The molecule has 2 aromatic carbocycles. The quantitative estimate of drug-likeness (QED) is 0.793. The van der Waals surface area contributed by atoms with Crippen LogP contribution in [0.2, 0.25) is 0 Å². The number of benzene rings is 2. The number of hydrogen-bond acceptors (Lipinski definition) is 5. The summed E-state index contributed by atoms with van der Waals surface area (Å²) in [6, 6.07) is 15.6. The molecule has 3 aromatic rings. The zero-order valence-electron chi connectivity index (χ0n) is 11.3. The van der Waals surface area contributed by atoms with Gasteiger partial charge in [0, 0.05) is 11.3 Å². The van der Waals surface area contributed by atoms with E-state index in [1.54, 1.807) is 48.5 Å². The number of rotatable bonds is 3. The van der Waals surface area contributed by atoms with Crippen LogP contribution in [-0.2, 0) is 0 Å². The number of anilines is 1. The molecule has 3 rings (SSSR count). The monoisotopic (exact) mass is 290 g/mol. The molecule has 0 bridgehead atoms. The predicted molar refractivity (Wildman–Crippen MR) is 78.3 cm³/mol. The van der Waals surface area contributed by atoms with Gasteiger partial charge in [-0.05, 0) is 52.9 Å². The molecule has 1 N–H and O–H groups in total. The lowest BCUT2D eigenvalue weighted by molar-refractivity contribution is 0.102. The van der Waals surface area contributed by atoms with E-state index in [4.69, 9.17) is 5.26 Å². The first kappa shape index (κ1) is 13.5. The molecule has 0 saturated heterocycles. The summed E-state index contributed by atoms with van der Waals surface area (Å²) in [6.07, 6.45) is 1.49. The molecule has 106 valence electrons. The van der Waals surface area contributed by atoms with Crippen LogP contribution in [0.25, 0.3) is 5.69 Å². The minimum atomic E-state index is -0.271. The third-order valence-electron chi connectivity index (χ3n) is 2.99. The van der Waals surface area contributed by atoms with Crippen molar-refractivity contribution >= 4 is 11.6 Å². The number of carbonyl (C=O) groups excluding carboxylic acids is 1. The number of nitriles is 1. The highest BCUT2D eigenvalue weighted by Crippen LogP contribution is 2.14. The van der Waals surface area contributed by atoms with Crippen LogP contribution in [-0.4, -0.2) is 26.1 Å². The maximum absolute atomic E-state index is 12.1. The largest absolute Gasteiger partial charge is 0.322 e. The van der Waals surface area contributed by atoms with Crippen molar-refractivity contribution < 1.29 is 4.79 Å². The zero-order chi connectivity index (χ0) is 15.4. The van der Waals surface area contributed by atoms with Gasteiger partial charge in [0.2, 0.25) is 0 Å². The van der Waals surface area contributed by atoms with Crippen molar-refractivity contribution in [2.45, 2.75) is 0 Å². The second kappa shape index (κ2) is 5.85. The standard InChI is InChI=1S/C15H10N6O/c16-9-11-2-1-3-12(8-11)15(22)18-13-4-6-14(7-5-13)21-10-17-19-20-21/h1-8,10H,(H,18,22). The Morgan fingerprint density at radius 3 is 2.68 bits per heavy atom. The first-order chi connectivity index (χ1) is 10.8. The zero-order valence-corrected chi connectivity index (χ0v) is 11.3. The first-order valence-corrected chi connectivity index (χ1v) is 6.41. The highest BCUT2D eigenvalue weighted by Gasteiger charge is 2.07. The smallest absolute Gasteiger partial charge is 0.255 e. The fourth-order valence-corrected chi connectivity index (χ4v) is 1.91. The van der Waals surface area contributed by atoms with Crippen molar-refractivity contribution in [1.29, 1.82) is 5.26 Å². The molecular formula is C15H10N6O. The summed E-state index contributed by atoms with van der Waals surface area (Å²) >= 11 is 0. The molecule has 0 aliphatic rings. The van der Waals surface area contributed by atoms with Crippen molar-refractivity contribution in [2.75, 3.05) is 5.32 Å². The molecule has 7 heteroatoms. The molecule has 7 nitrogen and oxygen atoms in total. The van der Waals surface area contributed by atoms with Crippen molar-refractivity contribution in [2.24, 2.45) is 0 Å². The summed E-state index contributed by atoms with van der Waals surface area (Å²) in [5.74, 6) is -0.271. The number of amides is 1. The van der Waals surface area contributed by atoms with Crippen molar-refractivity contribution in [3.05, 3.63) is 66.0 Å². The van der Waals surface area contributed by atoms with Crippen molar-refractivity contribution in [1.82, 2.24) is 20.2 Å². The van der Waals surface area contributed by atoms with Crippen LogP contribution in [0.4, 0.5) is 5.69 Å². The predicted octanol–water partition coefficient (Wildman–Crippen LogP) is 1.79. The van der Waals surface area contributed by atoms with Crippen LogP contribution in [0.15, 0.2) is 54.9 Å². The third-order valence-corrected chi connectivity index (χ3v) is 2.99. The summed E-state index contributed by atoms with van der Waals surface area (Å²) in [6.45, 7) is 0. The van der Waals surface area contributed by atoms with E-state index >= 15 is 0 Å². The van der Waals surface area contributed by atoms with E-state index in [1.807, 2.05) is 6.07 Å². The molecule has 1 aromatic heterocycles. The van der Waals surface area contributed by atoms with Gasteiger partial charge in [-0.2, -0.15) is 5.26 Å². The topological polar surface area (TPSA) is 96.5 Å². The van der Waals surface area contributed by atoms with Gasteiger partial charge in [0.25, 0.3) is 5.91 Å². The molecule has 0 saturated carbocycles. The minimum Gasteiger partial charge on any atom is -0.322 e. The number of nitrogens with one attached hydrogen (secondary N) is 1. The lowest BCUT2D eigenvalue weighted by Gasteiger charge is -2.06. The molecule has 0 aliphatic carbocycles. The van der Waals surface area contributed by atoms with E-state index in [0.717, 1.165) is 5.69 Å². The number of nitrogens with zero attached hydrogens (tertiary/aromatic N) is 5. The molecule has 0 unspecified atom stereocenters. The Morgan fingerprint density at radius 2 is 2.00 bits per heavy atom. The molecule has 0 spiro atoms. The molecule has 1 heterocycles. The highest BCUT2D eigenvalue weighted by atomic mass is 16.1. The molecule has 22 heavy (non-hydrogen) atoms. The summed E-state index contributed by atoms with van der Waals surface area (Å²) in [7, 11) is 0. The molecule has 1 amide bonds. The number of aromatic nitrogens is 4. The Morgan fingerprint density at radius 1 is 1.18 bits per heavy atom. The second-order valence-electron chi connectivity index (χ2n) is 4.45. The average molecular weight is 290 g/mol. The van der Waals surface area contributed by atoms with Crippen molar-refractivity contribution in [3.8, 4) is 11.8 Å². The van der Waals surface area contributed by atoms with E-state index in [1.165, 1.54) is 11.0 Å². The van der Waals surface area contributed by atoms with E-state index in [2.05, 4.69) is 20.8 Å². The van der Waals surface area contributed by atoms with Gasteiger partial charge in [0.15, 0.2) is 0 Å². The average Bonchev–Trinajstić information content (AvgIpc) is 3.10. The van der Waals surface area contributed by atoms with Gasteiger partial charge in [-0.1, -0.05) is 6.07 Å². The van der Waals surface area contributed by atoms with Crippen molar-refractivity contribution in [3.63, 3.8) is 0 Å². The van der Waals surface area contributed by atoms with Crippen LogP contribution in [0, 0.1) is 11.3 Å². The van der Waals surface area contributed by atoms with Crippen LogP contribution in [0.3, 0.4) is 0 Å². The highest BCUT2D eigenvalue weighted by molar-refractivity contribution is 6.04. The molecule has 0 atom stereocenters. The maximum atomic E-state index is 12.1. The fraction of sp³-hybridized carbons (Fsp3) is 0. The summed E-state index contributed by atoms with van der Waals surface area (Å²) in [5, 5.41) is 22.5. The van der Waals surface area contributed by atoms with E-state index < -0.39 is 0 Å². The molecule has 0 aliphatic heterocycles. The Kier molecular flexibility index (Phi) is 3.58. The van der Waals surface area contributed by atoms with Gasteiger partial charge in [-0.25, -0.2) is 4.68 Å². The van der Waals surface area contributed by atoms with Crippen LogP contribution >= 0.6 is 0 Å². The number of hydrogen-bond donors (Lipinski definition) is 1.